The van der Waals surface area contributed by atoms with Gasteiger partial charge in [0, 0.05) is 12.4 Å². The van der Waals surface area contributed by atoms with Gasteiger partial charge in [-0.2, -0.15) is 0 Å². The van der Waals surface area contributed by atoms with E-state index in [2.05, 4.69) is 10.3 Å². The van der Waals surface area contributed by atoms with Crippen LogP contribution in [0.4, 0.5) is 5.82 Å². The van der Waals surface area contributed by atoms with Crippen molar-refractivity contribution in [3.8, 4) is 0 Å². The molecule has 0 spiro atoms. The fourth-order valence-corrected chi connectivity index (χ4v) is 1.51. The number of anilines is 1. The average molecular weight is 313 g/mol. The first-order valence-electron chi connectivity index (χ1n) is 6.46. The normalized spacial score (nSPS) is 10.9. The summed E-state index contributed by atoms with van der Waals surface area (Å²) in [5.74, 6) is -0.584. The Morgan fingerprint density at radius 2 is 2.00 bits per heavy atom. The molecule has 21 heavy (non-hydrogen) atoms. The van der Waals surface area contributed by atoms with Gasteiger partial charge in [0.2, 0.25) is 0 Å². The maximum atomic E-state index is 11.8. The van der Waals surface area contributed by atoms with Crippen LogP contribution in [0.25, 0.3) is 0 Å². The van der Waals surface area contributed by atoms with Crippen LogP contribution < -0.4 is 5.32 Å². The lowest BCUT2D eigenvalue weighted by Crippen LogP contribution is -2.15. The van der Waals surface area contributed by atoms with E-state index in [0.29, 0.717) is 10.8 Å². The van der Waals surface area contributed by atoms with Crippen molar-refractivity contribution in [2.75, 3.05) is 18.5 Å². The molecule has 114 valence electrons. The highest BCUT2D eigenvalue weighted by Gasteiger charge is 2.16. The molecule has 1 aromatic heterocycles. The Bertz CT molecular complexity index is 514. The third-order valence-electron chi connectivity index (χ3n) is 2.30. The number of carbonyl (C=O) groups excluding carboxylic acids is 2. The maximum absolute atomic E-state index is 11.8. The summed E-state index contributed by atoms with van der Waals surface area (Å²) in [4.78, 5) is 27.3. The van der Waals surface area contributed by atoms with Gasteiger partial charge in [0.05, 0.1) is 30.2 Å². The van der Waals surface area contributed by atoms with E-state index in [1.54, 1.807) is 26.0 Å². The number of ether oxygens (including phenoxy) is 2. The summed E-state index contributed by atoms with van der Waals surface area (Å²) in [5.41, 5.74) is 0.159. The van der Waals surface area contributed by atoms with Gasteiger partial charge < -0.3 is 14.8 Å². The SMILES string of the molecule is CCOC(=O)C/C(=C/Nc1ccc(Cl)cn1)C(=O)OCC. The molecule has 0 saturated carbocycles. The monoisotopic (exact) mass is 312 g/mol. The third kappa shape index (κ3) is 6.27. The number of rotatable bonds is 7. The van der Waals surface area contributed by atoms with E-state index in [4.69, 9.17) is 21.1 Å². The summed E-state index contributed by atoms with van der Waals surface area (Å²) in [7, 11) is 0. The Morgan fingerprint density at radius 1 is 1.29 bits per heavy atom. The first-order valence-corrected chi connectivity index (χ1v) is 6.84. The molecule has 0 saturated heterocycles. The smallest absolute Gasteiger partial charge is 0.336 e. The van der Waals surface area contributed by atoms with Crippen LogP contribution in [0.2, 0.25) is 5.02 Å². The molecule has 0 unspecified atom stereocenters. The van der Waals surface area contributed by atoms with E-state index in [1.807, 2.05) is 0 Å². The van der Waals surface area contributed by atoms with Gasteiger partial charge in [-0.15, -0.1) is 0 Å². The number of aromatic nitrogens is 1. The predicted molar refractivity (Wildman–Crippen MR) is 78.8 cm³/mol. The topological polar surface area (TPSA) is 77.5 Å². The van der Waals surface area contributed by atoms with Gasteiger partial charge in [0.25, 0.3) is 0 Å². The highest BCUT2D eigenvalue weighted by atomic mass is 35.5. The molecular formula is C14H17ClN2O4. The van der Waals surface area contributed by atoms with E-state index in [-0.39, 0.29) is 25.2 Å². The molecule has 0 aliphatic heterocycles. The van der Waals surface area contributed by atoms with E-state index >= 15 is 0 Å². The third-order valence-corrected chi connectivity index (χ3v) is 2.52. The van der Waals surface area contributed by atoms with Crippen molar-refractivity contribution in [1.29, 1.82) is 0 Å². The standard InChI is InChI=1S/C14H17ClN2O4/c1-3-20-13(18)7-10(14(19)21-4-2)8-16-12-6-5-11(15)9-17-12/h5-6,8-9H,3-4,7H2,1-2H3,(H,16,17)/b10-8-. The maximum Gasteiger partial charge on any atom is 0.336 e. The minimum absolute atomic E-state index is 0.159. The summed E-state index contributed by atoms with van der Waals surface area (Å²) >= 11 is 5.73. The fraction of sp³-hybridized carbons (Fsp3) is 0.357. The molecular weight excluding hydrogens is 296 g/mol. The van der Waals surface area contributed by atoms with Crippen LogP contribution in [0, 0.1) is 0 Å². The second-order valence-corrected chi connectivity index (χ2v) is 4.31. The zero-order chi connectivity index (χ0) is 15.7. The van der Waals surface area contributed by atoms with Crippen molar-refractivity contribution in [2.24, 2.45) is 0 Å². The molecule has 0 atom stereocenters. The van der Waals surface area contributed by atoms with Crippen LogP contribution in [0.5, 0.6) is 0 Å². The Balaban J connectivity index is 2.78. The molecule has 1 aromatic rings. The number of nitrogens with one attached hydrogen (secondary N) is 1. The largest absolute Gasteiger partial charge is 0.466 e. The van der Waals surface area contributed by atoms with Crippen molar-refractivity contribution in [2.45, 2.75) is 20.3 Å². The molecule has 6 nitrogen and oxygen atoms in total. The van der Waals surface area contributed by atoms with Crippen molar-refractivity contribution >= 4 is 29.4 Å². The highest BCUT2D eigenvalue weighted by Crippen LogP contribution is 2.11. The number of pyridine rings is 1. The predicted octanol–water partition coefficient (Wildman–Crippen LogP) is 2.55. The number of hydrogen-bond donors (Lipinski definition) is 1. The fourth-order valence-electron chi connectivity index (χ4n) is 1.40. The molecule has 7 heteroatoms. The molecule has 0 amide bonds. The van der Waals surface area contributed by atoms with Crippen molar-refractivity contribution < 1.29 is 19.1 Å². The van der Waals surface area contributed by atoms with Gasteiger partial charge in [0.1, 0.15) is 5.82 Å². The molecule has 1 rings (SSSR count). The summed E-state index contributed by atoms with van der Waals surface area (Å²) in [6, 6.07) is 3.30. The molecule has 0 aromatic carbocycles. The van der Waals surface area contributed by atoms with Crippen LogP contribution in [-0.2, 0) is 19.1 Å². The molecule has 0 aliphatic carbocycles. The van der Waals surface area contributed by atoms with Gasteiger partial charge in [-0.05, 0) is 26.0 Å². The minimum Gasteiger partial charge on any atom is -0.466 e. The van der Waals surface area contributed by atoms with Gasteiger partial charge in [0.15, 0.2) is 0 Å². The second-order valence-electron chi connectivity index (χ2n) is 3.88. The number of carbonyl (C=O) groups is 2. The number of halogens is 1. The van der Waals surface area contributed by atoms with Gasteiger partial charge in [-0.3, -0.25) is 4.79 Å². The summed E-state index contributed by atoms with van der Waals surface area (Å²) < 4.78 is 9.71. The quantitative estimate of drug-likeness (QED) is 0.616. The first kappa shape index (κ1) is 17.0. The van der Waals surface area contributed by atoms with Gasteiger partial charge >= 0.3 is 11.9 Å². The Kier molecular flexibility index (Phi) is 7.25. The van der Waals surface area contributed by atoms with E-state index < -0.39 is 11.9 Å². The zero-order valence-electron chi connectivity index (χ0n) is 11.9. The molecule has 0 aliphatic rings. The van der Waals surface area contributed by atoms with Crippen LogP contribution >= 0.6 is 11.6 Å². The van der Waals surface area contributed by atoms with E-state index in [0.717, 1.165) is 0 Å². The zero-order valence-corrected chi connectivity index (χ0v) is 12.6. The van der Waals surface area contributed by atoms with Crippen molar-refractivity contribution in [3.05, 3.63) is 35.1 Å². The molecule has 1 heterocycles. The van der Waals surface area contributed by atoms with Crippen LogP contribution in [0.1, 0.15) is 20.3 Å². The van der Waals surface area contributed by atoms with E-state index in [1.165, 1.54) is 12.4 Å². The lowest BCUT2D eigenvalue weighted by atomic mass is 10.2. The van der Waals surface area contributed by atoms with Gasteiger partial charge in [-0.25, -0.2) is 9.78 Å². The second kappa shape index (κ2) is 8.97. The first-order chi connectivity index (χ1) is 10.1. The summed E-state index contributed by atoms with van der Waals surface area (Å²) in [6.45, 7) is 3.86. The van der Waals surface area contributed by atoms with Crippen molar-refractivity contribution in [3.63, 3.8) is 0 Å². The minimum atomic E-state index is -0.577. The Morgan fingerprint density at radius 3 is 2.57 bits per heavy atom. The van der Waals surface area contributed by atoms with E-state index in [9.17, 15) is 9.59 Å². The number of esters is 2. The van der Waals surface area contributed by atoms with Crippen LogP contribution in [-0.4, -0.2) is 30.1 Å². The number of hydrogen-bond acceptors (Lipinski definition) is 6. The number of nitrogens with zero attached hydrogens (tertiary/aromatic N) is 1. The Labute approximate surface area is 128 Å². The lowest BCUT2D eigenvalue weighted by Gasteiger charge is -2.08. The summed E-state index contributed by atoms with van der Waals surface area (Å²) in [6.07, 6.45) is 2.67. The molecule has 0 bridgehead atoms. The summed E-state index contributed by atoms with van der Waals surface area (Å²) in [5, 5.41) is 3.32. The van der Waals surface area contributed by atoms with Crippen molar-refractivity contribution in [1.82, 2.24) is 4.98 Å². The average Bonchev–Trinajstić information content (AvgIpc) is 2.45. The molecule has 0 radical (unpaired) electrons. The van der Waals surface area contributed by atoms with Crippen LogP contribution in [0.15, 0.2) is 30.1 Å². The van der Waals surface area contributed by atoms with Crippen LogP contribution in [0.3, 0.4) is 0 Å². The molecule has 1 N–H and O–H groups in total. The van der Waals surface area contributed by atoms with Gasteiger partial charge in [-0.1, -0.05) is 11.6 Å². The molecule has 0 fully saturated rings. The highest BCUT2D eigenvalue weighted by molar-refractivity contribution is 6.30. The Hall–Kier alpha value is -2.08. The lowest BCUT2D eigenvalue weighted by molar-refractivity contribution is -0.145.